The quantitative estimate of drug-likeness (QED) is 0.415. The first-order valence-electron chi connectivity index (χ1n) is 9.84. The SMILES string of the molecule is CCc1ccccc1NC(=O)Cn1cnc2c(sc3nc(-c4cccs4)ccc32)c1=O. The molecule has 0 aliphatic heterocycles. The third-order valence-corrected chi connectivity index (χ3v) is 7.04. The van der Waals surface area contributed by atoms with E-state index in [1.165, 1.54) is 22.2 Å². The number of benzene rings is 1. The average Bonchev–Trinajstić information content (AvgIpc) is 3.44. The predicted octanol–water partition coefficient (Wildman–Crippen LogP) is 4.94. The Morgan fingerprint density at radius 2 is 2.00 bits per heavy atom. The molecule has 0 aliphatic rings. The molecule has 1 aromatic carbocycles. The van der Waals surface area contributed by atoms with Crippen molar-refractivity contribution in [1.29, 1.82) is 0 Å². The monoisotopic (exact) mass is 446 g/mol. The number of hydrogen-bond donors (Lipinski definition) is 1. The third kappa shape index (κ3) is 3.64. The third-order valence-electron chi connectivity index (χ3n) is 5.07. The number of rotatable bonds is 5. The lowest BCUT2D eigenvalue weighted by Crippen LogP contribution is -2.27. The number of carbonyl (C=O) groups is 1. The molecule has 6 nitrogen and oxygen atoms in total. The van der Waals surface area contributed by atoms with Gasteiger partial charge in [0.05, 0.1) is 22.4 Å². The highest BCUT2D eigenvalue weighted by Gasteiger charge is 2.15. The number of nitrogens with one attached hydrogen (secondary N) is 1. The van der Waals surface area contributed by atoms with Crippen LogP contribution in [0.2, 0.25) is 0 Å². The number of anilines is 1. The smallest absolute Gasteiger partial charge is 0.271 e. The fourth-order valence-corrected chi connectivity index (χ4v) is 5.29. The molecule has 31 heavy (non-hydrogen) atoms. The van der Waals surface area contributed by atoms with Crippen LogP contribution in [0, 0.1) is 0 Å². The van der Waals surface area contributed by atoms with E-state index in [0.717, 1.165) is 38.5 Å². The summed E-state index contributed by atoms with van der Waals surface area (Å²) in [4.78, 5) is 36.7. The van der Waals surface area contributed by atoms with E-state index in [1.54, 1.807) is 11.3 Å². The van der Waals surface area contributed by atoms with Crippen molar-refractivity contribution in [3.05, 3.63) is 76.2 Å². The van der Waals surface area contributed by atoms with E-state index >= 15 is 0 Å². The summed E-state index contributed by atoms with van der Waals surface area (Å²) in [6.07, 6.45) is 2.25. The molecule has 0 aliphatic carbocycles. The molecule has 0 radical (unpaired) electrons. The van der Waals surface area contributed by atoms with Gasteiger partial charge in [-0.05, 0) is 41.6 Å². The second-order valence-electron chi connectivity index (χ2n) is 7.04. The highest BCUT2D eigenvalue weighted by atomic mass is 32.1. The van der Waals surface area contributed by atoms with E-state index in [2.05, 4.69) is 10.3 Å². The molecule has 0 spiro atoms. The fraction of sp³-hybridized carbons (Fsp3) is 0.130. The van der Waals surface area contributed by atoms with Gasteiger partial charge in [-0.25, -0.2) is 9.97 Å². The molecule has 5 aromatic rings. The predicted molar refractivity (Wildman–Crippen MR) is 127 cm³/mol. The summed E-state index contributed by atoms with van der Waals surface area (Å²) in [5.41, 5.74) is 3.09. The number of carbonyl (C=O) groups excluding carboxylic acids is 1. The normalized spacial score (nSPS) is 11.3. The van der Waals surface area contributed by atoms with Gasteiger partial charge in [0, 0.05) is 11.1 Å². The molecular formula is C23H18N4O2S2. The minimum absolute atomic E-state index is 0.0953. The zero-order valence-corrected chi connectivity index (χ0v) is 18.3. The van der Waals surface area contributed by atoms with Crippen molar-refractivity contribution in [3.63, 3.8) is 0 Å². The van der Waals surface area contributed by atoms with E-state index in [-0.39, 0.29) is 18.0 Å². The molecule has 0 saturated heterocycles. The lowest BCUT2D eigenvalue weighted by molar-refractivity contribution is -0.116. The molecule has 5 rings (SSSR count). The van der Waals surface area contributed by atoms with E-state index in [9.17, 15) is 9.59 Å². The van der Waals surface area contributed by atoms with Gasteiger partial charge >= 0.3 is 0 Å². The van der Waals surface area contributed by atoms with E-state index in [4.69, 9.17) is 4.98 Å². The summed E-state index contributed by atoms with van der Waals surface area (Å²) < 4.78 is 1.86. The van der Waals surface area contributed by atoms with Gasteiger partial charge < -0.3 is 5.32 Å². The number of pyridine rings is 1. The highest BCUT2D eigenvalue weighted by molar-refractivity contribution is 7.25. The van der Waals surface area contributed by atoms with Crippen LogP contribution in [-0.4, -0.2) is 20.4 Å². The van der Waals surface area contributed by atoms with Crippen LogP contribution < -0.4 is 10.9 Å². The van der Waals surface area contributed by atoms with Crippen LogP contribution in [0.5, 0.6) is 0 Å². The number of amides is 1. The number of para-hydroxylation sites is 1. The summed E-state index contributed by atoms with van der Waals surface area (Å²) in [5, 5.41) is 5.76. The standard InChI is InChI=1S/C23H18N4O2S2/c1-2-14-6-3-4-7-16(14)25-19(28)12-27-13-24-20-15-9-10-17(18-8-5-11-30-18)26-22(15)31-21(20)23(27)29/h3-11,13H,2,12H2,1H3,(H,25,28). The lowest BCUT2D eigenvalue weighted by atomic mass is 10.1. The summed E-state index contributed by atoms with van der Waals surface area (Å²) in [6, 6.07) is 15.6. The van der Waals surface area contributed by atoms with Crippen LogP contribution in [0.3, 0.4) is 0 Å². The zero-order chi connectivity index (χ0) is 21.4. The van der Waals surface area contributed by atoms with Gasteiger partial charge in [0.1, 0.15) is 16.1 Å². The maximum atomic E-state index is 13.1. The fourth-order valence-electron chi connectivity index (χ4n) is 3.52. The molecule has 1 amide bonds. The number of aromatic nitrogens is 3. The Balaban J connectivity index is 1.47. The molecule has 0 unspecified atom stereocenters. The van der Waals surface area contributed by atoms with Crippen LogP contribution in [0.1, 0.15) is 12.5 Å². The van der Waals surface area contributed by atoms with Crippen molar-refractivity contribution in [3.8, 4) is 10.6 Å². The van der Waals surface area contributed by atoms with Gasteiger partial charge in [-0.1, -0.05) is 31.2 Å². The van der Waals surface area contributed by atoms with E-state index < -0.39 is 0 Å². The van der Waals surface area contributed by atoms with Crippen molar-refractivity contribution < 1.29 is 4.79 Å². The minimum Gasteiger partial charge on any atom is -0.324 e. The average molecular weight is 447 g/mol. The number of thiophene rings is 2. The molecule has 154 valence electrons. The second kappa shape index (κ2) is 8.05. The van der Waals surface area contributed by atoms with Crippen LogP contribution in [-0.2, 0) is 17.8 Å². The van der Waals surface area contributed by atoms with Gasteiger partial charge in [-0.3, -0.25) is 14.2 Å². The minimum atomic E-state index is -0.261. The molecule has 4 aromatic heterocycles. The first-order valence-corrected chi connectivity index (χ1v) is 11.5. The van der Waals surface area contributed by atoms with Gasteiger partial charge in [0.25, 0.3) is 5.56 Å². The largest absolute Gasteiger partial charge is 0.324 e. The summed E-state index contributed by atoms with van der Waals surface area (Å²) in [5.74, 6) is -0.261. The Morgan fingerprint density at radius 3 is 2.81 bits per heavy atom. The van der Waals surface area contributed by atoms with Crippen molar-refractivity contribution in [1.82, 2.24) is 14.5 Å². The Hall–Kier alpha value is -3.36. The number of hydrogen-bond acceptors (Lipinski definition) is 6. The van der Waals surface area contributed by atoms with Crippen molar-refractivity contribution in [2.24, 2.45) is 0 Å². The molecule has 4 heterocycles. The Kier molecular flexibility index (Phi) is 5.09. The molecule has 0 fully saturated rings. The summed E-state index contributed by atoms with van der Waals surface area (Å²) in [7, 11) is 0. The molecule has 0 saturated carbocycles. The van der Waals surface area contributed by atoms with Crippen LogP contribution >= 0.6 is 22.7 Å². The number of fused-ring (bicyclic) bond motifs is 3. The van der Waals surface area contributed by atoms with Crippen LogP contribution in [0.4, 0.5) is 5.69 Å². The zero-order valence-electron chi connectivity index (χ0n) is 16.7. The Morgan fingerprint density at radius 1 is 1.13 bits per heavy atom. The second-order valence-corrected chi connectivity index (χ2v) is 8.99. The first kappa shape index (κ1) is 19.6. The van der Waals surface area contributed by atoms with Crippen molar-refractivity contribution in [2.75, 3.05) is 5.32 Å². The van der Waals surface area contributed by atoms with Crippen LogP contribution in [0.25, 0.3) is 31.0 Å². The Labute approximate surface area is 185 Å². The van der Waals surface area contributed by atoms with E-state index in [1.807, 2.05) is 60.8 Å². The van der Waals surface area contributed by atoms with Gasteiger partial charge in [-0.15, -0.1) is 22.7 Å². The topological polar surface area (TPSA) is 76.9 Å². The lowest BCUT2D eigenvalue weighted by Gasteiger charge is -2.10. The molecule has 0 bridgehead atoms. The molecule has 0 atom stereocenters. The Bertz CT molecular complexity index is 1470. The van der Waals surface area contributed by atoms with Crippen LogP contribution in [0.15, 0.2) is 65.0 Å². The molecular weight excluding hydrogens is 428 g/mol. The van der Waals surface area contributed by atoms with Crippen molar-refractivity contribution >= 4 is 54.7 Å². The molecule has 1 N–H and O–H groups in total. The number of nitrogens with zero attached hydrogens (tertiary/aromatic N) is 3. The highest BCUT2D eigenvalue weighted by Crippen LogP contribution is 2.32. The van der Waals surface area contributed by atoms with Gasteiger partial charge in [0.2, 0.25) is 5.91 Å². The van der Waals surface area contributed by atoms with Gasteiger partial charge in [0.15, 0.2) is 0 Å². The molecule has 8 heteroatoms. The van der Waals surface area contributed by atoms with Crippen molar-refractivity contribution in [2.45, 2.75) is 19.9 Å². The van der Waals surface area contributed by atoms with Gasteiger partial charge in [-0.2, -0.15) is 0 Å². The maximum absolute atomic E-state index is 13.1. The van der Waals surface area contributed by atoms with E-state index in [0.29, 0.717) is 10.2 Å². The first-order chi connectivity index (χ1) is 15.1. The number of aryl methyl sites for hydroxylation is 1. The summed E-state index contributed by atoms with van der Waals surface area (Å²) in [6.45, 7) is 1.94. The summed E-state index contributed by atoms with van der Waals surface area (Å²) >= 11 is 2.94. The maximum Gasteiger partial charge on any atom is 0.271 e.